The van der Waals surface area contributed by atoms with Crippen molar-refractivity contribution in [2.45, 2.75) is 18.0 Å². The van der Waals surface area contributed by atoms with Gasteiger partial charge in [-0.25, -0.2) is 15.0 Å². The molecule has 0 saturated carbocycles. The molecular formula is C32H33N13O4S. The van der Waals surface area contributed by atoms with E-state index in [2.05, 4.69) is 68.0 Å². The third kappa shape index (κ3) is 7.07. The lowest BCUT2D eigenvalue weighted by Crippen LogP contribution is -2.43. The zero-order chi connectivity index (χ0) is 34.7. The standard InChI is InChI=1S/C32H33N13O4S/c1-43-10-12-44(13-11-43)17-21-2-6-23(7-3-21)40-32(47)28-27(16-37-42-28)41-30-26-14-24(39-29(26)35-19-36-30)15-34-31(46)22-4-8-25(9-5-22)50(48,49)45-20-33-18-38-45/h2-9,14,16,18-20H,10-13,15,17H2,1H3,(H,34,46)(H,37,42)(H,40,47)(H2,35,36,39,41). The van der Waals surface area contributed by atoms with E-state index in [1.54, 1.807) is 12.3 Å². The van der Waals surface area contributed by atoms with Crippen LogP contribution in [0.4, 0.5) is 17.2 Å². The van der Waals surface area contributed by atoms with Gasteiger partial charge in [0.2, 0.25) is 0 Å². The summed E-state index contributed by atoms with van der Waals surface area (Å²) in [5.41, 5.74) is 3.83. The van der Waals surface area contributed by atoms with E-state index < -0.39 is 21.8 Å². The monoisotopic (exact) mass is 695 g/mol. The quantitative estimate of drug-likeness (QED) is 0.132. The molecule has 0 spiro atoms. The van der Waals surface area contributed by atoms with Crippen LogP contribution in [0.5, 0.6) is 0 Å². The topological polar surface area (TPSA) is 212 Å². The Morgan fingerprint density at radius 3 is 2.46 bits per heavy atom. The number of likely N-dealkylation sites (N-methyl/N-ethyl adjacent to an activating group) is 1. The van der Waals surface area contributed by atoms with E-state index in [4.69, 9.17) is 0 Å². The van der Waals surface area contributed by atoms with E-state index >= 15 is 0 Å². The number of fused-ring (bicyclic) bond motifs is 1. The molecule has 256 valence electrons. The summed E-state index contributed by atoms with van der Waals surface area (Å²) >= 11 is 0. The molecule has 5 N–H and O–H groups in total. The molecule has 0 aliphatic carbocycles. The van der Waals surface area contributed by atoms with E-state index in [0.29, 0.717) is 33.9 Å². The number of amides is 2. The minimum Gasteiger partial charge on any atom is -0.346 e. The van der Waals surface area contributed by atoms with Crippen LogP contribution in [0.3, 0.4) is 0 Å². The smallest absolute Gasteiger partial charge is 0.284 e. The number of benzene rings is 2. The van der Waals surface area contributed by atoms with E-state index in [0.717, 1.165) is 49.5 Å². The highest BCUT2D eigenvalue weighted by molar-refractivity contribution is 7.89. The summed E-state index contributed by atoms with van der Waals surface area (Å²) in [5.74, 6) is -0.374. The first-order valence-corrected chi connectivity index (χ1v) is 17.1. The van der Waals surface area contributed by atoms with Crippen molar-refractivity contribution in [2.24, 2.45) is 0 Å². The zero-order valence-electron chi connectivity index (χ0n) is 26.9. The van der Waals surface area contributed by atoms with Gasteiger partial charge in [0.1, 0.15) is 30.4 Å². The molecule has 1 aliphatic heterocycles. The van der Waals surface area contributed by atoms with Gasteiger partial charge >= 0.3 is 0 Å². The molecule has 1 fully saturated rings. The molecule has 17 nitrogen and oxygen atoms in total. The third-order valence-corrected chi connectivity index (χ3v) is 9.85. The van der Waals surface area contributed by atoms with Crippen molar-refractivity contribution in [3.8, 4) is 0 Å². The van der Waals surface area contributed by atoms with Gasteiger partial charge in [0.05, 0.1) is 22.5 Å². The predicted octanol–water partition coefficient (Wildman–Crippen LogP) is 2.18. The number of carbonyl (C=O) groups is 2. The Morgan fingerprint density at radius 2 is 1.72 bits per heavy atom. The summed E-state index contributed by atoms with van der Waals surface area (Å²) in [6.07, 6.45) is 5.15. The van der Waals surface area contributed by atoms with Crippen LogP contribution in [0.15, 0.2) is 84.7 Å². The maximum Gasteiger partial charge on any atom is 0.284 e. The molecule has 0 bridgehead atoms. The second-order valence-corrected chi connectivity index (χ2v) is 13.6. The minimum atomic E-state index is -3.90. The third-order valence-electron chi connectivity index (χ3n) is 8.30. The summed E-state index contributed by atoms with van der Waals surface area (Å²) in [6.45, 7) is 5.16. The van der Waals surface area contributed by atoms with Crippen molar-refractivity contribution < 1.29 is 18.0 Å². The molecular weight excluding hydrogens is 663 g/mol. The molecule has 1 saturated heterocycles. The predicted molar refractivity (Wildman–Crippen MR) is 183 cm³/mol. The van der Waals surface area contributed by atoms with Gasteiger partial charge in [-0.15, -0.1) is 9.19 Å². The highest BCUT2D eigenvalue weighted by atomic mass is 32.2. The normalized spacial score (nSPS) is 14.1. The zero-order valence-corrected chi connectivity index (χ0v) is 27.7. The molecule has 5 heterocycles. The first-order valence-electron chi connectivity index (χ1n) is 15.7. The van der Waals surface area contributed by atoms with Gasteiger partial charge in [0.25, 0.3) is 21.8 Å². The summed E-state index contributed by atoms with van der Waals surface area (Å²) in [7, 11) is -1.77. The van der Waals surface area contributed by atoms with Crippen molar-refractivity contribution in [1.29, 1.82) is 0 Å². The highest BCUT2D eigenvalue weighted by Gasteiger charge is 2.20. The summed E-state index contributed by atoms with van der Waals surface area (Å²) in [4.78, 5) is 46.3. The second-order valence-electron chi connectivity index (χ2n) is 11.8. The number of carbonyl (C=O) groups excluding carboxylic acids is 2. The van der Waals surface area contributed by atoms with Gasteiger partial charge in [0.15, 0.2) is 5.69 Å². The fourth-order valence-electron chi connectivity index (χ4n) is 5.51. The summed E-state index contributed by atoms with van der Waals surface area (Å²) < 4.78 is 26.0. The Morgan fingerprint density at radius 1 is 0.940 bits per heavy atom. The fourth-order valence-corrected chi connectivity index (χ4v) is 6.55. The summed E-state index contributed by atoms with van der Waals surface area (Å²) in [5, 5.41) is 20.1. The second kappa shape index (κ2) is 13.9. The van der Waals surface area contributed by atoms with E-state index in [1.165, 1.54) is 36.2 Å². The Kier molecular flexibility index (Phi) is 9.03. The van der Waals surface area contributed by atoms with Gasteiger partial charge in [-0.05, 0) is 55.1 Å². The van der Waals surface area contributed by atoms with Crippen LogP contribution in [0.25, 0.3) is 11.0 Å². The van der Waals surface area contributed by atoms with Crippen molar-refractivity contribution in [1.82, 2.24) is 54.4 Å². The maximum atomic E-state index is 13.2. The molecule has 7 rings (SSSR count). The Hall–Kier alpha value is -5.98. The Balaban J connectivity index is 0.973. The Labute approximate surface area is 286 Å². The van der Waals surface area contributed by atoms with Crippen molar-refractivity contribution in [3.63, 3.8) is 0 Å². The van der Waals surface area contributed by atoms with E-state index in [-0.39, 0.29) is 22.7 Å². The lowest BCUT2D eigenvalue weighted by atomic mass is 10.1. The first-order chi connectivity index (χ1) is 24.2. The minimum absolute atomic E-state index is 0.0298. The Bertz CT molecular complexity index is 2220. The summed E-state index contributed by atoms with van der Waals surface area (Å²) in [6, 6.07) is 15.1. The van der Waals surface area contributed by atoms with Crippen LogP contribution < -0.4 is 16.0 Å². The van der Waals surface area contributed by atoms with Crippen LogP contribution in [-0.2, 0) is 23.1 Å². The van der Waals surface area contributed by atoms with Gasteiger partial charge in [-0.2, -0.15) is 13.5 Å². The van der Waals surface area contributed by atoms with Crippen LogP contribution in [0, 0.1) is 0 Å². The molecule has 18 heteroatoms. The lowest BCUT2D eigenvalue weighted by Gasteiger charge is -2.32. The van der Waals surface area contributed by atoms with Crippen molar-refractivity contribution in [2.75, 3.05) is 43.9 Å². The number of anilines is 3. The van der Waals surface area contributed by atoms with Crippen LogP contribution in [0.1, 0.15) is 32.1 Å². The maximum absolute atomic E-state index is 13.2. The molecule has 50 heavy (non-hydrogen) atoms. The van der Waals surface area contributed by atoms with Crippen LogP contribution in [0.2, 0.25) is 0 Å². The lowest BCUT2D eigenvalue weighted by molar-refractivity contribution is 0.0949. The van der Waals surface area contributed by atoms with E-state index in [1.807, 2.05) is 24.3 Å². The largest absolute Gasteiger partial charge is 0.346 e. The highest BCUT2D eigenvalue weighted by Crippen LogP contribution is 2.26. The molecule has 1 aliphatic rings. The van der Waals surface area contributed by atoms with E-state index in [9.17, 15) is 18.0 Å². The average molecular weight is 696 g/mol. The first kappa shape index (κ1) is 32.6. The fraction of sp³-hybridized carbons (Fsp3) is 0.219. The SMILES string of the molecule is CN1CCN(Cc2ccc(NC(=O)c3n[nH]cc3Nc3ncnc4[nH]c(CNC(=O)c5ccc(S(=O)(=O)n6cncn6)cc5)cc34)cc2)CC1. The molecule has 0 unspecified atom stereocenters. The number of rotatable bonds is 11. The average Bonchev–Trinajstić information content (AvgIpc) is 3.91. The number of hydrogen-bond donors (Lipinski definition) is 5. The number of H-pyrrole nitrogens is 2. The van der Waals surface area contributed by atoms with Crippen molar-refractivity contribution >= 4 is 50.1 Å². The van der Waals surface area contributed by atoms with Crippen LogP contribution in [-0.4, -0.2) is 103 Å². The number of aromatic nitrogens is 8. The molecule has 6 aromatic rings. The number of hydrogen-bond acceptors (Lipinski definition) is 12. The number of nitrogens with zero attached hydrogens (tertiary/aromatic N) is 8. The molecule has 4 aromatic heterocycles. The van der Waals surface area contributed by atoms with Crippen molar-refractivity contribution in [3.05, 3.63) is 102 Å². The molecule has 2 aromatic carbocycles. The van der Waals surface area contributed by atoms with Gasteiger partial charge in [0, 0.05) is 55.9 Å². The van der Waals surface area contributed by atoms with Gasteiger partial charge in [-0.1, -0.05) is 12.1 Å². The molecule has 0 atom stereocenters. The van der Waals surface area contributed by atoms with Crippen LogP contribution >= 0.6 is 0 Å². The van der Waals surface area contributed by atoms with Gasteiger partial charge < -0.3 is 25.8 Å². The number of nitrogens with one attached hydrogen (secondary N) is 5. The molecule has 2 amide bonds. The number of piperazine rings is 1. The number of aromatic amines is 2. The molecule has 0 radical (unpaired) electrons. The van der Waals surface area contributed by atoms with Gasteiger partial charge in [-0.3, -0.25) is 19.6 Å².